The van der Waals surface area contributed by atoms with Gasteiger partial charge in [0, 0.05) is 4.47 Å². The molecule has 0 radical (unpaired) electrons. The number of amides is 1. The highest BCUT2D eigenvalue weighted by molar-refractivity contribution is 9.10. The first kappa shape index (κ1) is 14.3. The Kier molecular flexibility index (Phi) is 5.26. The molecule has 1 N–H and O–H groups in total. The fourth-order valence-electron chi connectivity index (χ4n) is 1.21. The molecule has 3 nitrogen and oxygen atoms in total. The minimum Gasteiger partial charge on any atom is -0.322 e. The zero-order valence-corrected chi connectivity index (χ0v) is 12.0. The first-order valence-corrected chi connectivity index (χ1v) is 6.39. The van der Waals surface area contributed by atoms with E-state index in [1.807, 2.05) is 6.07 Å². The summed E-state index contributed by atoms with van der Waals surface area (Å²) < 4.78 is 0.720. The van der Waals surface area contributed by atoms with E-state index in [-0.39, 0.29) is 0 Å². The smallest absolute Gasteiger partial charge is 0.241 e. The summed E-state index contributed by atoms with van der Waals surface area (Å²) in [6, 6.07) is 5.16. The van der Waals surface area contributed by atoms with E-state index in [0.717, 1.165) is 4.47 Å². The number of carbonyl (C=O) groups excluding carboxylic acids is 1. The minimum atomic E-state index is -0.703. The number of nitriles is 1. The molecule has 0 spiro atoms. The summed E-state index contributed by atoms with van der Waals surface area (Å²) in [6.45, 7) is 1.76. The predicted molar refractivity (Wildman–Crippen MR) is 72.2 cm³/mol. The van der Waals surface area contributed by atoms with Crippen molar-refractivity contribution in [2.75, 3.05) is 5.32 Å². The first-order valence-electron chi connectivity index (χ1n) is 4.84. The van der Waals surface area contributed by atoms with Crippen LogP contribution in [-0.2, 0) is 4.79 Å². The van der Waals surface area contributed by atoms with E-state index in [4.69, 9.17) is 28.5 Å². The Labute approximate surface area is 118 Å². The van der Waals surface area contributed by atoms with Crippen LogP contribution < -0.4 is 5.32 Å². The minimum absolute atomic E-state index is 0.325. The van der Waals surface area contributed by atoms with Crippen LogP contribution in [0.15, 0.2) is 16.6 Å². The van der Waals surface area contributed by atoms with E-state index in [9.17, 15) is 4.79 Å². The van der Waals surface area contributed by atoms with Crippen LogP contribution in [-0.4, -0.2) is 5.91 Å². The molecule has 1 amide bonds. The third kappa shape index (κ3) is 3.60. The zero-order valence-electron chi connectivity index (χ0n) is 8.93. The molecule has 0 aromatic heterocycles. The van der Waals surface area contributed by atoms with E-state index >= 15 is 0 Å². The van der Waals surface area contributed by atoms with Gasteiger partial charge in [-0.15, -0.1) is 0 Å². The van der Waals surface area contributed by atoms with Gasteiger partial charge >= 0.3 is 0 Å². The Morgan fingerprint density at radius 1 is 1.53 bits per heavy atom. The molecule has 1 aromatic carbocycles. The number of carbonyl (C=O) groups is 1. The van der Waals surface area contributed by atoms with Gasteiger partial charge in [-0.05, 0) is 18.6 Å². The van der Waals surface area contributed by atoms with Gasteiger partial charge in [0.2, 0.25) is 5.91 Å². The third-order valence-electron chi connectivity index (χ3n) is 2.14. The monoisotopic (exact) mass is 334 g/mol. The molecule has 0 aliphatic rings. The molecule has 0 saturated heterocycles. The van der Waals surface area contributed by atoms with E-state index < -0.39 is 11.8 Å². The number of nitrogens with one attached hydrogen (secondary N) is 1. The molecular formula is C11H9BrCl2N2O. The second-order valence-electron chi connectivity index (χ2n) is 3.32. The van der Waals surface area contributed by atoms with E-state index in [1.54, 1.807) is 19.1 Å². The van der Waals surface area contributed by atoms with Gasteiger partial charge in [-0.2, -0.15) is 5.26 Å². The van der Waals surface area contributed by atoms with Gasteiger partial charge in [0.15, 0.2) is 0 Å². The maximum Gasteiger partial charge on any atom is 0.241 e. The van der Waals surface area contributed by atoms with Crippen molar-refractivity contribution in [2.24, 2.45) is 5.92 Å². The van der Waals surface area contributed by atoms with Crippen molar-refractivity contribution in [1.82, 2.24) is 0 Å². The standard InChI is InChI=1S/C11H9BrCl2N2O/c1-2-6(5-15)11(17)16-10-8(13)3-7(12)4-9(10)14/h3-4,6H,2H2,1H3,(H,16,17). The Bertz CT molecular complexity index is 462. The van der Waals surface area contributed by atoms with Crippen molar-refractivity contribution in [3.05, 3.63) is 26.7 Å². The Balaban J connectivity index is 2.97. The second kappa shape index (κ2) is 6.25. The average Bonchev–Trinajstić information content (AvgIpc) is 2.25. The molecule has 1 aromatic rings. The topological polar surface area (TPSA) is 52.9 Å². The number of halogens is 3. The molecular weight excluding hydrogens is 327 g/mol. The number of anilines is 1. The molecule has 1 unspecified atom stereocenters. The fourth-order valence-corrected chi connectivity index (χ4v) is 2.51. The number of rotatable bonds is 3. The van der Waals surface area contributed by atoms with E-state index in [0.29, 0.717) is 22.2 Å². The maximum atomic E-state index is 11.7. The Hall–Kier alpha value is -0.760. The summed E-state index contributed by atoms with van der Waals surface area (Å²) in [7, 11) is 0. The molecule has 0 saturated carbocycles. The van der Waals surface area contributed by atoms with Crippen LogP contribution in [0.4, 0.5) is 5.69 Å². The lowest BCUT2D eigenvalue weighted by Gasteiger charge is -2.11. The van der Waals surface area contributed by atoms with E-state index in [1.165, 1.54) is 0 Å². The zero-order chi connectivity index (χ0) is 13.0. The number of hydrogen-bond acceptors (Lipinski definition) is 2. The van der Waals surface area contributed by atoms with Crippen LogP contribution in [0, 0.1) is 17.2 Å². The quantitative estimate of drug-likeness (QED) is 0.897. The van der Waals surface area contributed by atoms with Crippen molar-refractivity contribution >= 4 is 50.7 Å². The van der Waals surface area contributed by atoms with Gasteiger partial charge in [-0.25, -0.2) is 0 Å². The maximum absolute atomic E-state index is 11.7. The van der Waals surface area contributed by atoms with E-state index in [2.05, 4.69) is 21.2 Å². The van der Waals surface area contributed by atoms with Crippen LogP contribution in [0.2, 0.25) is 10.0 Å². The first-order chi connectivity index (χ1) is 7.99. The van der Waals surface area contributed by atoms with Gasteiger partial charge in [0.1, 0.15) is 5.92 Å². The van der Waals surface area contributed by atoms with Crippen LogP contribution in [0.1, 0.15) is 13.3 Å². The fraction of sp³-hybridized carbons (Fsp3) is 0.273. The van der Waals surface area contributed by atoms with Crippen LogP contribution in [0.3, 0.4) is 0 Å². The summed E-state index contributed by atoms with van der Waals surface area (Å²) in [5.41, 5.74) is 0.329. The highest BCUT2D eigenvalue weighted by Gasteiger charge is 2.18. The Morgan fingerprint density at radius 2 is 2.06 bits per heavy atom. The molecule has 90 valence electrons. The van der Waals surface area contributed by atoms with Crippen LogP contribution >= 0.6 is 39.1 Å². The lowest BCUT2D eigenvalue weighted by molar-refractivity contribution is -0.118. The van der Waals surface area contributed by atoms with Crippen LogP contribution in [0.5, 0.6) is 0 Å². The van der Waals surface area contributed by atoms with Gasteiger partial charge in [0.25, 0.3) is 0 Å². The highest BCUT2D eigenvalue weighted by atomic mass is 79.9. The molecule has 1 atom stereocenters. The molecule has 17 heavy (non-hydrogen) atoms. The average molecular weight is 336 g/mol. The molecule has 6 heteroatoms. The normalized spacial score (nSPS) is 11.7. The summed E-state index contributed by atoms with van der Waals surface area (Å²) in [5, 5.41) is 12.0. The lowest BCUT2D eigenvalue weighted by atomic mass is 10.1. The summed E-state index contributed by atoms with van der Waals surface area (Å²) in [5.74, 6) is -1.10. The molecule has 0 heterocycles. The number of benzene rings is 1. The molecule has 1 rings (SSSR count). The van der Waals surface area contributed by atoms with Crippen molar-refractivity contribution in [2.45, 2.75) is 13.3 Å². The molecule has 0 bridgehead atoms. The molecule has 0 aliphatic heterocycles. The van der Waals surface area contributed by atoms with Crippen molar-refractivity contribution in [1.29, 1.82) is 5.26 Å². The lowest BCUT2D eigenvalue weighted by Crippen LogP contribution is -2.21. The highest BCUT2D eigenvalue weighted by Crippen LogP contribution is 2.34. The molecule has 0 aliphatic carbocycles. The van der Waals surface area contributed by atoms with Crippen LogP contribution in [0.25, 0.3) is 0 Å². The van der Waals surface area contributed by atoms with Crippen molar-refractivity contribution in [3.63, 3.8) is 0 Å². The van der Waals surface area contributed by atoms with Gasteiger partial charge in [0.05, 0.1) is 21.8 Å². The predicted octanol–water partition coefficient (Wildman–Crippen LogP) is 4.24. The number of nitrogens with zero attached hydrogens (tertiary/aromatic N) is 1. The molecule has 0 fully saturated rings. The van der Waals surface area contributed by atoms with Gasteiger partial charge < -0.3 is 5.32 Å². The summed E-state index contributed by atoms with van der Waals surface area (Å²) in [4.78, 5) is 11.7. The second-order valence-corrected chi connectivity index (χ2v) is 5.05. The number of hydrogen-bond donors (Lipinski definition) is 1. The van der Waals surface area contributed by atoms with Crippen molar-refractivity contribution < 1.29 is 4.79 Å². The summed E-state index contributed by atoms with van der Waals surface area (Å²) >= 11 is 15.2. The third-order valence-corrected chi connectivity index (χ3v) is 3.19. The SMILES string of the molecule is CCC(C#N)C(=O)Nc1c(Cl)cc(Br)cc1Cl. The largest absolute Gasteiger partial charge is 0.322 e. The van der Waals surface area contributed by atoms with Gasteiger partial charge in [-0.3, -0.25) is 4.79 Å². The van der Waals surface area contributed by atoms with Gasteiger partial charge in [-0.1, -0.05) is 46.1 Å². The Morgan fingerprint density at radius 3 is 2.47 bits per heavy atom. The summed E-state index contributed by atoms with van der Waals surface area (Å²) in [6.07, 6.45) is 0.439. The van der Waals surface area contributed by atoms with Crippen molar-refractivity contribution in [3.8, 4) is 6.07 Å².